The first-order chi connectivity index (χ1) is 20.3. The Morgan fingerprint density at radius 2 is 2.02 bits per heavy atom. The first kappa shape index (κ1) is 27.5. The number of aromatic nitrogens is 7. The van der Waals surface area contributed by atoms with Crippen molar-refractivity contribution in [2.45, 2.75) is 45.3 Å². The molecule has 11 nitrogen and oxygen atoms in total. The Morgan fingerprint density at radius 1 is 1.17 bits per heavy atom. The highest BCUT2D eigenvalue weighted by Gasteiger charge is 2.26. The molecule has 0 saturated carbocycles. The smallest absolute Gasteiger partial charge is 0.227 e. The molecule has 4 aromatic heterocycles. The summed E-state index contributed by atoms with van der Waals surface area (Å²) in [6, 6.07) is 10.1. The normalized spacial score (nSPS) is 18.0. The molecule has 0 fully saturated rings. The lowest BCUT2D eigenvalue weighted by molar-refractivity contribution is -0.119. The molecule has 1 N–H and O–H groups in total. The Morgan fingerprint density at radius 3 is 2.79 bits per heavy atom. The van der Waals surface area contributed by atoms with E-state index in [4.69, 9.17) is 16.0 Å². The average molecular weight is 589 g/mol. The lowest BCUT2D eigenvalue weighted by Crippen LogP contribution is -2.22. The molecule has 2 bridgehead atoms. The maximum absolute atomic E-state index is 14.6. The average Bonchev–Trinajstić information content (AvgIpc) is 3.66. The largest absolute Gasteiger partial charge is 0.464 e. The summed E-state index contributed by atoms with van der Waals surface area (Å²) in [4.78, 5) is 31.3. The van der Waals surface area contributed by atoms with Crippen molar-refractivity contribution < 1.29 is 13.6 Å². The van der Waals surface area contributed by atoms with Gasteiger partial charge in [0.25, 0.3) is 0 Å². The molecule has 5 aromatic rings. The fraction of sp³-hybridized carbons (Fsp3) is 0.276. The topological polar surface area (TPSA) is 134 Å². The van der Waals surface area contributed by atoms with Crippen LogP contribution in [0.2, 0.25) is 5.02 Å². The molecule has 13 heteroatoms. The van der Waals surface area contributed by atoms with Gasteiger partial charge in [0, 0.05) is 51.5 Å². The van der Waals surface area contributed by atoms with Gasteiger partial charge in [0.15, 0.2) is 11.7 Å². The minimum Gasteiger partial charge on any atom is -0.464 e. The van der Waals surface area contributed by atoms with Crippen LogP contribution in [0.5, 0.6) is 0 Å². The lowest BCUT2D eigenvalue weighted by atomic mass is 9.88. The van der Waals surface area contributed by atoms with E-state index in [0.717, 1.165) is 0 Å². The van der Waals surface area contributed by atoms with Crippen molar-refractivity contribution in [3.05, 3.63) is 87.9 Å². The molecule has 5 heterocycles. The molecule has 0 aliphatic carbocycles. The number of halogens is 2. The molecule has 214 valence electrons. The summed E-state index contributed by atoms with van der Waals surface area (Å²) in [6.45, 7) is 3.21. The van der Waals surface area contributed by atoms with E-state index in [1.165, 1.54) is 41.1 Å². The number of amides is 1. The molecular weight excluding hydrogens is 563 g/mol. The molecule has 1 aliphatic heterocycles. The monoisotopic (exact) mass is 588 g/mol. The maximum Gasteiger partial charge on any atom is 0.227 e. The molecule has 6 rings (SSSR count). The molecule has 0 radical (unpaired) electrons. The van der Waals surface area contributed by atoms with Crippen LogP contribution in [-0.2, 0) is 4.79 Å². The van der Waals surface area contributed by atoms with Gasteiger partial charge in [-0.15, -0.1) is 5.10 Å². The van der Waals surface area contributed by atoms with Gasteiger partial charge in [0.2, 0.25) is 5.91 Å². The number of hydrogen-bond donors (Lipinski definition) is 1. The number of rotatable bonds is 4. The van der Waals surface area contributed by atoms with Crippen LogP contribution >= 0.6 is 11.6 Å². The Hall–Kier alpha value is -4.71. The standard InChI is InChI=1S/C29H26ClFN8O3/c1-16-4-3-5-20(23-10-18(8-9-32-23)28-24(35-29(16)41)13-34-39(28)17(2)31)22-14-42-27(12-26(22)40)21-11-19(30)6-7-25(21)38-15-33-36-37-38/h6-17,20H,3-5H2,1-2H3,(H,35,41)/t16-,17?,20+/m1/s1. The highest BCUT2D eigenvalue weighted by atomic mass is 35.5. The number of benzene rings is 1. The zero-order valence-corrected chi connectivity index (χ0v) is 23.5. The Labute approximate surface area is 244 Å². The van der Waals surface area contributed by atoms with Crippen molar-refractivity contribution in [1.82, 2.24) is 35.0 Å². The zero-order valence-electron chi connectivity index (χ0n) is 22.7. The molecule has 1 amide bonds. The lowest BCUT2D eigenvalue weighted by Gasteiger charge is -2.20. The van der Waals surface area contributed by atoms with Crippen molar-refractivity contribution in [3.8, 4) is 28.3 Å². The Bertz CT molecular complexity index is 1820. The first-order valence-corrected chi connectivity index (χ1v) is 13.8. The van der Waals surface area contributed by atoms with Crippen LogP contribution in [0.4, 0.5) is 10.1 Å². The summed E-state index contributed by atoms with van der Waals surface area (Å²) in [6.07, 6.45) is 6.27. The Balaban J connectivity index is 1.45. The first-order valence-electron chi connectivity index (χ1n) is 13.4. The van der Waals surface area contributed by atoms with E-state index in [2.05, 4.69) is 30.9 Å². The van der Waals surface area contributed by atoms with Gasteiger partial charge in [-0.05, 0) is 60.5 Å². The van der Waals surface area contributed by atoms with E-state index >= 15 is 0 Å². The fourth-order valence-electron chi connectivity index (χ4n) is 5.27. The zero-order chi connectivity index (χ0) is 29.4. The van der Waals surface area contributed by atoms with Crippen LogP contribution < -0.4 is 10.7 Å². The molecule has 42 heavy (non-hydrogen) atoms. The molecule has 1 aromatic carbocycles. The highest BCUT2D eigenvalue weighted by Crippen LogP contribution is 2.36. The van der Waals surface area contributed by atoms with Gasteiger partial charge in [-0.25, -0.2) is 9.07 Å². The molecule has 0 saturated heterocycles. The van der Waals surface area contributed by atoms with Crippen LogP contribution in [-0.4, -0.2) is 40.9 Å². The van der Waals surface area contributed by atoms with Gasteiger partial charge in [-0.2, -0.15) is 9.78 Å². The number of anilines is 1. The quantitative estimate of drug-likeness (QED) is 0.288. The summed E-state index contributed by atoms with van der Waals surface area (Å²) in [5.74, 6) is -0.646. The van der Waals surface area contributed by atoms with Gasteiger partial charge in [-0.1, -0.05) is 24.9 Å². The summed E-state index contributed by atoms with van der Waals surface area (Å²) < 4.78 is 23.3. The van der Waals surface area contributed by atoms with Crippen LogP contribution in [0.25, 0.3) is 28.3 Å². The van der Waals surface area contributed by atoms with Gasteiger partial charge in [0.05, 0.1) is 29.5 Å². The number of fused-ring (bicyclic) bond motifs is 4. The SMILES string of the molecule is CC(F)n1ncc2c1-c1ccnc(c1)[C@H](c1coc(-c3cc(Cl)ccc3-n3cnnn3)cc1=O)CCC[C@@H](C)C(=O)N2. The van der Waals surface area contributed by atoms with Crippen molar-refractivity contribution in [2.75, 3.05) is 5.32 Å². The number of nitrogens with one attached hydrogen (secondary N) is 1. The summed E-state index contributed by atoms with van der Waals surface area (Å²) in [5.41, 5.74) is 3.35. The third-order valence-corrected chi connectivity index (χ3v) is 7.67. The van der Waals surface area contributed by atoms with E-state index in [1.807, 2.05) is 6.92 Å². The number of nitrogens with zero attached hydrogens (tertiary/aromatic N) is 7. The molecular formula is C29H26ClFN8O3. The van der Waals surface area contributed by atoms with Crippen molar-refractivity contribution in [2.24, 2.45) is 5.92 Å². The number of pyridine rings is 1. The van der Waals surface area contributed by atoms with Crippen LogP contribution in [0, 0.1) is 5.92 Å². The second-order valence-electron chi connectivity index (χ2n) is 10.2. The van der Waals surface area contributed by atoms with Crippen molar-refractivity contribution in [3.63, 3.8) is 0 Å². The third kappa shape index (κ3) is 5.20. The number of hydrogen-bond acceptors (Lipinski definition) is 8. The number of carbonyl (C=O) groups excluding carboxylic acids is 1. The number of tetrazole rings is 1. The molecule has 1 aliphatic rings. The van der Waals surface area contributed by atoms with Gasteiger partial charge in [-0.3, -0.25) is 14.6 Å². The van der Waals surface area contributed by atoms with Crippen LogP contribution in [0.3, 0.4) is 0 Å². The van der Waals surface area contributed by atoms with Crippen LogP contribution in [0.1, 0.15) is 56.6 Å². The maximum atomic E-state index is 14.6. The second-order valence-corrected chi connectivity index (χ2v) is 10.7. The molecule has 0 spiro atoms. The Kier molecular flexibility index (Phi) is 7.38. The van der Waals surface area contributed by atoms with E-state index in [1.54, 1.807) is 36.5 Å². The highest BCUT2D eigenvalue weighted by molar-refractivity contribution is 6.31. The van der Waals surface area contributed by atoms with Crippen LogP contribution in [0.15, 0.2) is 70.6 Å². The predicted molar refractivity (Wildman–Crippen MR) is 153 cm³/mol. The summed E-state index contributed by atoms with van der Waals surface area (Å²) in [5, 5.41) is 18.9. The van der Waals surface area contributed by atoms with Gasteiger partial charge >= 0.3 is 0 Å². The minimum absolute atomic E-state index is 0.183. The van der Waals surface area contributed by atoms with Crippen molar-refractivity contribution in [1.29, 1.82) is 0 Å². The van der Waals surface area contributed by atoms with Gasteiger partial charge < -0.3 is 9.73 Å². The number of carbonyl (C=O) groups is 1. The minimum atomic E-state index is -1.44. The molecule has 1 unspecified atom stereocenters. The molecule has 3 atom stereocenters. The second kappa shape index (κ2) is 11.3. The van der Waals surface area contributed by atoms with Gasteiger partial charge in [0.1, 0.15) is 12.1 Å². The van der Waals surface area contributed by atoms with E-state index in [9.17, 15) is 14.0 Å². The fourth-order valence-corrected chi connectivity index (χ4v) is 5.44. The predicted octanol–water partition coefficient (Wildman–Crippen LogP) is 5.57. The van der Waals surface area contributed by atoms with E-state index in [-0.39, 0.29) is 17.3 Å². The number of alkyl halides is 1. The van der Waals surface area contributed by atoms with Crippen molar-refractivity contribution >= 4 is 23.2 Å². The summed E-state index contributed by atoms with van der Waals surface area (Å²) in [7, 11) is 0. The van der Waals surface area contributed by atoms with E-state index in [0.29, 0.717) is 69.5 Å². The van der Waals surface area contributed by atoms with E-state index < -0.39 is 12.2 Å². The third-order valence-electron chi connectivity index (χ3n) is 7.43. The summed E-state index contributed by atoms with van der Waals surface area (Å²) >= 11 is 6.28.